The van der Waals surface area contributed by atoms with E-state index in [2.05, 4.69) is 5.32 Å². The molecule has 0 saturated heterocycles. The van der Waals surface area contributed by atoms with Crippen molar-refractivity contribution in [3.05, 3.63) is 99.8 Å². The summed E-state index contributed by atoms with van der Waals surface area (Å²) in [4.78, 5) is 40.3. The van der Waals surface area contributed by atoms with Crippen molar-refractivity contribution in [2.45, 2.75) is 45.6 Å². The normalized spacial score (nSPS) is 18.1. The number of carboxylic acid groups (broad SMARTS) is 1. The Bertz CT molecular complexity index is 1570. The molecule has 0 unspecified atom stereocenters. The van der Waals surface area contributed by atoms with E-state index in [-0.39, 0.29) is 33.8 Å². The Morgan fingerprint density at radius 1 is 1.07 bits per heavy atom. The van der Waals surface area contributed by atoms with Crippen molar-refractivity contribution in [2.24, 2.45) is 5.41 Å². The highest BCUT2D eigenvalue weighted by Gasteiger charge is 2.39. The molecule has 1 aliphatic carbocycles. The first-order valence-corrected chi connectivity index (χ1v) is 13.8. The number of rotatable bonds is 6. The largest absolute Gasteiger partial charge is 0.489 e. The summed E-state index contributed by atoms with van der Waals surface area (Å²) in [6.07, 6.45) is 4.14. The van der Waals surface area contributed by atoms with Gasteiger partial charge in [-0.05, 0) is 93.0 Å². The lowest BCUT2D eigenvalue weighted by atomic mass is 9.79. The highest BCUT2D eigenvalue weighted by molar-refractivity contribution is 6.34. The fourth-order valence-corrected chi connectivity index (χ4v) is 5.79. The maximum absolute atomic E-state index is 14.0. The molecule has 2 amide bonds. The van der Waals surface area contributed by atoms with Crippen LogP contribution in [0.3, 0.4) is 0 Å². The van der Waals surface area contributed by atoms with Crippen LogP contribution in [0.4, 0.5) is 15.8 Å². The molecular formula is C32H30ClFN2O5. The van der Waals surface area contributed by atoms with Crippen molar-refractivity contribution in [3.8, 4) is 5.75 Å². The minimum Gasteiger partial charge on any atom is -0.489 e. The number of carbonyl (C=O) groups excluding carboxylic acids is 2. The molecule has 1 aliphatic heterocycles. The molecule has 0 bridgehead atoms. The highest BCUT2D eigenvalue weighted by atomic mass is 35.5. The molecule has 2 N–H and O–H groups in total. The molecule has 1 spiro atoms. The molecule has 0 radical (unpaired) electrons. The van der Waals surface area contributed by atoms with E-state index in [4.69, 9.17) is 16.3 Å². The number of hydrogen-bond donors (Lipinski definition) is 2. The van der Waals surface area contributed by atoms with Crippen molar-refractivity contribution in [2.75, 3.05) is 16.8 Å². The van der Waals surface area contributed by atoms with Crippen LogP contribution in [0.1, 0.15) is 59.4 Å². The molecule has 3 aromatic rings. The number of fused-ring (bicyclic) bond motifs is 1. The monoisotopic (exact) mass is 576 g/mol. The Labute approximate surface area is 242 Å². The smallest absolute Gasteiger partial charge is 0.331 e. The van der Waals surface area contributed by atoms with E-state index in [1.807, 2.05) is 44.2 Å². The zero-order chi connectivity index (χ0) is 29.3. The number of halogens is 2. The molecule has 0 fully saturated rings. The minimum atomic E-state index is -0.892. The van der Waals surface area contributed by atoms with Crippen LogP contribution in [0.5, 0.6) is 5.75 Å². The molecule has 3 aromatic carbocycles. The van der Waals surface area contributed by atoms with Gasteiger partial charge in [0, 0.05) is 23.4 Å². The summed E-state index contributed by atoms with van der Waals surface area (Å²) in [6.45, 7) is 4.07. The van der Waals surface area contributed by atoms with Gasteiger partial charge < -0.3 is 20.1 Å². The third-order valence-corrected chi connectivity index (χ3v) is 7.89. The lowest BCUT2D eigenvalue weighted by molar-refractivity contribution is -0.132. The molecule has 0 aromatic heterocycles. The average molecular weight is 577 g/mol. The van der Waals surface area contributed by atoms with Crippen LogP contribution >= 0.6 is 11.6 Å². The molecule has 1 atom stereocenters. The van der Waals surface area contributed by atoms with E-state index in [9.17, 15) is 23.9 Å². The second-order valence-corrected chi connectivity index (χ2v) is 11.2. The van der Waals surface area contributed by atoms with E-state index >= 15 is 0 Å². The lowest BCUT2D eigenvalue weighted by Crippen LogP contribution is -2.33. The van der Waals surface area contributed by atoms with Gasteiger partial charge >= 0.3 is 5.97 Å². The Kier molecular flexibility index (Phi) is 7.87. The molecular weight excluding hydrogens is 547 g/mol. The summed E-state index contributed by atoms with van der Waals surface area (Å²) < 4.78 is 19.7. The van der Waals surface area contributed by atoms with Gasteiger partial charge in [0.15, 0.2) is 0 Å². The molecule has 41 heavy (non-hydrogen) atoms. The average Bonchev–Trinajstić information content (AvgIpc) is 3.28. The van der Waals surface area contributed by atoms with Crippen LogP contribution in [0, 0.1) is 11.2 Å². The van der Waals surface area contributed by atoms with Crippen LogP contribution < -0.4 is 15.0 Å². The minimum absolute atomic E-state index is 0.0237. The van der Waals surface area contributed by atoms with Gasteiger partial charge in [-0.2, -0.15) is 0 Å². The van der Waals surface area contributed by atoms with Crippen molar-refractivity contribution in [3.63, 3.8) is 0 Å². The third kappa shape index (κ3) is 5.98. The predicted molar refractivity (Wildman–Crippen MR) is 155 cm³/mol. The second-order valence-electron chi connectivity index (χ2n) is 10.8. The standard InChI is InChI=1S/C32H30ClFN2O5/c1-19(2)41-28-15-20(7-10-26(28)35-29(37)24-16-23(34)8-9-25(24)33)30(38)36-14-13-32(12-11-22(18-32)31(39)40)17-21-5-3-4-6-27(21)36/h3-10,15-16,18-19H,11-14,17H2,1-2H3,(H,35,37)(H,39,40)/t32-/m0/s1. The van der Waals surface area contributed by atoms with Crippen LogP contribution in [-0.2, 0) is 11.2 Å². The maximum Gasteiger partial charge on any atom is 0.331 e. The fourth-order valence-electron chi connectivity index (χ4n) is 5.59. The first-order valence-electron chi connectivity index (χ1n) is 13.5. The number of anilines is 2. The fraction of sp³-hybridized carbons (Fsp3) is 0.281. The van der Waals surface area contributed by atoms with Gasteiger partial charge in [0.1, 0.15) is 11.6 Å². The number of nitrogens with zero attached hydrogens (tertiary/aromatic N) is 1. The zero-order valence-corrected chi connectivity index (χ0v) is 23.5. The van der Waals surface area contributed by atoms with Crippen LogP contribution in [0.15, 0.2) is 72.3 Å². The Morgan fingerprint density at radius 2 is 1.85 bits per heavy atom. The van der Waals surface area contributed by atoms with Gasteiger partial charge in [-0.15, -0.1) is 0 Å². The number of carbonyl (C=O) groups is 3. The number of amides is 2. The number of benzene rings is 3. The summed E-state index contributed by atoms with van der Waals surface area (Å²) >= 11 is 6.12. The van der Waals surface area contributed by atoms with Crippen molar-refractivity contribution >= 4 is 40.8 Å². The summed E-state index contributed by atoms with van der Waals surface area (Å²) in [7, 11) is 0. The number of aliphatic carboxylic acids is 1. The summed E-state index contributed by atoms with van der Waals surface area (Å²) in [5.41, 5.74) is 2.53. The third-order valence-electron chi connectivity index (χ3n) is 7.56. The predicted octanol–water partition coefficient (Wildman–Crippen LogP) is 6.90. The SMILES string of the molecule is CC(C)Oc1cc(C(=O)N2CC[C@]3(C=C(C(=O)O)CC3)Cc3ccccc32)ccc1NC(=O)c1cc(F)ccc1Cl. The van der Waals surface area contributed by atoms with E-state index in [0.717, 1.165) is 23.7 Å². The zero-order valence-electron chi connectivity index (χ0n) is 22.7. The quantitative estimate of drug-likeness (QED) is 0.333. The van der Waals surface area contributed by atoms with Crippen molar-refractivity contribution < 1.29 is 28.6 Å². The van der Waals surface area contributed by atoms with E-state index < -0.39 is 17.7 Å². The molecule has 1 heterocycles. The molecule has 2 aliphatic rings. The van der Waals surface area contributed by atoms with Crippen LogP contribution in [-0.4, -0.2) is 35.5 Å². The lowest BCUT2D eigenvalue weighted by Gasteiger charge is -2.26. The van der Waals surface area contributed by atoms with Crippen LogP contribution in [0.2, 0.25) is 5.02 Å². The highest BCUT2D eigenvalue weighted by Crippen LogP contribution is 2.46. The number of carboxylic acids is 1. The summed E-state index contributed by atoms with van der Waals surface area (Å²) in [5, 5.41) is 12.4. The van der Waals surface area contributed by atoms with E-state index in [0.29, 0.717) is 42.6 Å². The van der Waals surface area contributed by atoms with Gasteiger partial charge in [0.2, 0.25) is 0 Å². The number of allylic oxidation sites excluding steroid dienone is 1. The van der Waals surface area contributed by atoms with Gasteiger partial charge in [0.05, 0.1) is 22.4 Å². The Morgan fingerprint density at radius 3 is 2.59 bits per heavy atom. The maximum atomic E-state index is 14.0. The topological polar surface area (TPSA) is 95.9 Å². The van der Waals surface area contributed by atoms with Gasteiger partial charge in [-0.1, -0.05) is 35.9 Å². The number of hydrogen-bond acceptors (Lipinski definition) is 4. The molecule has 212 valence electrons. The van der Waals surface area contributed by atoms with E-state index in [1.54, 1.807) is 23.1 Å². The molecule has 9 heteroatoms. The number of ether oxygens (including phenoxy) is 1. The number of para-hydroxylation sites is 1. The first-order chi connectivity index (χ1) is 19.5. The van der Waals surface area contributed by atoms with Crippen LogP contribution in [0.25, 0.3) is 0 Å². The first kappa shape index (κ1) is 28.4. The van der Waals surface area contributed by atoms with Gasteiger partial charge in [-0.3, -0.25) is 9.59 Å². The summed E-state index contributed by atoms with van der Waals surface area (Å²) in [5.74, 6) is -2.05. The van der Waals surface area contributed by atoms with Crippen molar-refractivity contribution in [1.29, 1.82) is 0 Å². The van der Waals surface area contributed by atoms with Gasteiger partial charge in [0.25, 0.3) is 11.8 Å². The second kappa shape index (κ2) is 11.4. The van der Waals surface area contributed by atoms with Crippen molar-refractivity contribution in [1.82, 2.24) is 0 Å². The molecule has 0 saturated carbocycles. The van der Waals surface area contributed by atoms with Gasteiger partial charge in [-0.25, -0.2) is 9.18 Å². The Hall–Kier alpha value is -4.17. The van der Waals surface area contributed by atoms with E-state index in [1.165, 1.54) is 12.1 Å². The molecule has 7 nitrogen and oxygen atoms in total. The number of nitrogens with one attached hydrogen (secondary N) is 1. The Balaban J connectivity index is 1.45. The summed E-state index contributed by atoms with van der Waals surface area (Å²) in [6, 6.07) is 16.0. The molecule has 5 rings (SSSR count).